The third kappa shape index (κ3) is 3.92. The van der Waals surface area contributed by atoms with Gasteiger partial charge in [0.25, 0.3) is 5.56 Å². The fourth-order valence-corrected chi connectivity index (χ4v) is 2.81. The van der Waals surface area contributed by atoms with E-state index in [-0.39, 0.29) is 15.6 Å². The second kappa shape index (κ2) is 7.00. The van der Waals surface area contributed by atoms with Crippen LogP contribution in [-0.4, -0.2) is 50.9 Å². The van der Waals surface area contributed by atoms with Crippen molar-refractivity contribution < 1.29 is 4.52 Å². The Balaban J connectivity index is 1.55. The summed E-state index contributed by atoms with van der Waals surface area (Å²) in [5.74, 6) is 0.873. The molecule has 0 N–H and O–H groups in total. The highest BCUT2D eigenvalue weighted by Gasteiger charge is 2.19. The van der Waals surface area contributed by atoms with Gasteiger partial charge in [0.2, 0.25) is 0 Å². The minimum atomic E-state index is -0.362. The van der Waals surface area contributed by atoms with E-state index in [2.05, 4.69) is 20.1 Å². The van der Waals surface area contributed by atoms with Crippen LogP contribution in [0.3, 0.4) is 0 Å². The van der Waals surface area contributed by atoms with E-state index < -0.39 is 0 Å². The third-order valence-corrected chi connectivity index (χ3v) is 4.55. The van der Waals surface area contributed by atoms with Crippen LogP contribution >= 0.6 is 23.2 Å². The number of hydrogen-bond donors (Lipinski definition) is 0. The maximum atomic E-state index is 12.0. The van der Waals surface area contributed by atoms with Crippen molar-refractivity contribution in [1.82, 2.24) is 24.7 Å². The van der Waals surface area contributed by atoms with E-state index in [4.69, 9.17) is 27.7 Å². The van der Waals surface area contributed by atoms with E-state index in [9.17, 15) is 4.79 Å². The molecule has 0 saturated carbocycles. The molecule has 0 aliphatic carbocycles. The highest BCUT2D eigenvalue weighted by molar-refractivity contribution is 6.41. The summed E-state index contributed by atoms with van der Waals surface area (Å²) in [6.45, 7) is 6.51. The first-order valence-electron chi connectivity index (χ1n) is 7.31. The molecular weight excluding hydrogens is 341 g/mol. The standard InChI is InChI=1S/C14H17Cl2N5O2/c1-10-6-11(23-18-10)8-19-2-4-20(5-3-19)9-21-14(22)13(16)12(15)7-17-21/h6-7H,2-5,8-9H2,1H3. The van der Waals surface area contributed by atoms with Gasteiger partial charge in [0, 0.05) is 32.2 Å². The largest absolute Gasteiger partial charge is 0.360 e. The van der Waals surface area contributed by atoms with Gasteiger partial charge in [0.05, 0.1) is 30.1 Å². The second-order valence-corrected chi connectivity index (χ2v) is 6.37. The molecule has 1 fully saturated rings. The van der Waals surface area contributed by atoms with Gasteiger partial charge < -0.3 is 4.52 Å². The molecule has 9 heteroatoms. The van der Waals surface area contributed by atoms with E-state index >= 15 is 0 Å². The second-order valence-electron chi connectivity index (χ2n) is 5.58. The fraction of sp³-hybridized carbons (Fsp3) is 0.500. The van der Waals surface area contributed by atoms with Crippen molar-refractivity contribution in [2.75, 3.05) is 26.2 Å². The summed E-state index contributed by atoms with van der Waals surface area (Å²) < 4.78 is 6.58. The zero-order valence-electron chi connectivity index (χ0n) is 12.7. The summed E-state index contributed by atoms with van der Waals surface area (Å²) in [5, 5.41) is 8.12. The van der Waals surface area contributed by atoms with Crippen molar-refractivity contribution in [1.29, 1.82) is 0 Å². The minimum absolute atomic E-state index is 0.0148. The molecule has 7 nitrogen and oxygen atoms in total. The zero-order chi connectivity index (χ0) is 16.4. The van der Waals surface area contributed by atoms with Crippen molar-refractivity contribution >= 4 is 23.2 Å². The molecule has 0 atom stereocenters. The van der Waals surface area contributed by atoms with Crippen LogP contribution in [0.1, 0.15) is 11.5 Å². The van der Waals surface area contributed by atoms with Crippen LogP contribution in [0.4, 0.5) is 0 Å². The number of aryl methyl sites for hydroxylation is 1. The Bertz CT molecular complexity index is 737. The van der Waals surface area contributed by atoms with Crippen LogP contribution in [-0.2, 0) is 13.2 Å². The fourth-order valence-electron chi connectivity index (χ4n) is 2.54. The highest BCUT2D eigenvalue weighted by Crippen LogP contribution is 2.15. The van der Waals surface area contributed by atoms with Gasteiger partial charge in [0.1, 0.15) is 5.02 Å². The molecule has 23 heavy (non-hydrogen) atoms. The summed E-state index contributed by atoms with van der Waals surface area (Å²) >= 11 is 11.7. The van der Waals surface area contributed by atoms with Gasteiger partial charge in [0.15, 0.2) is 5.76 Å². The Morgan fingerprint density at radius 2 is 1.91 bits per heavy atom. The van der Waals surface area contributed by atoms with Crippen molar-refractivity contribution in [2.24, 2.45) is 0 Å². The lowest BCUT2D eigenvalue weighted by Crippen LogP contribution is -2.47. The van der Waals surface area contributed by atoms with Crippen LogP contribution in [0, 0.1) is 6.92 Å². The van der Waals surface area contributed by atoms with Gasteiger partial charge in [-0.25, -0.2) is 4.68 Å². The number of aromatic nitrogens is 3. The molecule has 3 rings (SSSR count). The van der Waals surface area contributed by atoms with Crippen LogP contribution in [0.25, 0.3) is 0 Å². The lowest BCUT2D eigenvalue weighted by atomic mass is 10.3. The van der Waals surface area contributed by atoms with Crippen molar-refractivity contribution in [3.05, 3.63) is 44.1 Å². The molecule has 1 saturated heterocycles. The summed E-state index contributed by atoms with van der Waals surface area (Å²) in [7, 11) is 0. The average molecular weight is 358 g/mol. The van der Waals surface area contributed by atoms with E-state index in [1.54, 1.807) is 0 Å². The van der Waals surface area contributed by atoms with Gasteiger partial charge in [-0.1, -0.05) is 28.4 Å². The molecule has 0 bridgehead atoms. The molecular formula is C14H17Cl2N5O2. The number of halogens is 2. The predicted molar refractivity (Wildman–Crippen MR) is 86.6 cm³/mol. The molecule has 2 aromatic rings. The first-order chi connectivity index (χ1) is 11.0. The van der Waals surface area contributed by atoms with E-state index in [1.165, 1.54) is 10.9 Å². The van der Waals surface area contributed by atoms with Crippen LogP contribution in [0.2, 0.25) is 10.0 Å². The third-order valence-electron chi connectivity index (χ3n) is 3.80. The molecule has 0 aromatic carbocycles. The maximum absolute atomic E-state index is 12.0. The Morgan fingerprint density at radius 3 is 2.57 bits per heavy atom. The van der Waals surface area contributed by atoms with E-state index in [0.717, 1.165) is 44.2 Å². The molecule has 0 radical (unpaired) electrons. The Hall–Kier alpha value is -1.41. The predicted octanol–water partition coefficient (Wildman–Crippen LogP) is 1.62. The number of piperazine rings is 1. The van der Waals surface area contributed by atoms with E-state index in [0.29, 0.717) is 6.67 Å². The average Bonchev–Trinajstić information content (AvgIpc) is 2.95. The molecule has 0 amide bonds. The Morgan fingerprint density at radius 1 is 1.22 bits per heavy atom. The number of hydrogen-bond acceptors (Lipinski definition) is 6. The quantitative estimate of drug-likeness (QED) is 0.828. The topological polar surface area (TPSA) is 67.4 Å². The smallest absolute Gasteiger partial charge is 0.288 e. The molecule has 3 heterocycles. The van der Waals surface area contributed by atoms with Gasteiger partial charge in [-0.05, 0) is 6.92 Å². The normalized spacial score (nSPS) is 16.8. The lowest BCUT2D eigenvalue weighted by molar-refractivity contribution is 0.0910. The minimum Gasteiger partial charge on any atom is -0.360 e. The molecule has 2 aromatic heterocycles. The van der Waals surface area contributed by atoms with Crippen LogP contribution in [0.15, 0.2) is 21.6 Å². The van der Waals surface area contributed by atoms with Gasteiger partial charge in [-0.3, -0.25) is 14.6 Å². The van der Waals surface area contributed by atoms with Gasteiger partial charge in [-0.2, -0.15) is 5.10 Å². The molecule has 124 valence electrons. The Labute approximate surface area is 143 Å². The van der Waals surface area contributed by atoms with Crippen molar-refractivity contribution in [2.45, 2.75) is 20.1 Å². The summed E-state index contributed by atoms with van der Waals surface area (Å²) in [5.41, 5.74) is 0.530. The molecule has 0 spiro atoms. The Kier molecular flexibility index (Phi) is 5.01. The van der Waals surface area contributed by atoms with Gasteiger partial charge >= 0.3 is 0 Å². The molecule has 1 aliphatic heterocycles. The van der Waals surface area contributed by atoms with Crippen LogP contribution in [0.5, 0.6) is 0 Å². The first-order valence-corrected chi connectivity index (χ1v) is 8.06. The number of rotatable bonds is 4. The highest BCUT2D eigenvalue weighted by atomic mass is 35.5. The molecule has 1 aliphatic rings. The summed E-state index contributed by atoms with van der Waals surface area (Å²) in [6, 6.07) is 1.95. The zero-order valence-corrected chi connectivity index (χ0v) is 14.2. The summed E-state index contributed by atoms with van der Waals surface area (Å²) in [6.07, 6.45) is 1.40. The van der Waals surface area contributed by atoms with E-state index in [1.807, 2.05) is 13.0 Å². The lowest BCUT2D eigenvalue weighted by Gasteiger charge is -2.33. The maximum Gasteiger partial charge on any atom is 0.288 e. The summed E-state index contributed by atoms with van der Waals surface area (Å²) in [4.78, 5) is 16.4. The monoisotopic (exact) mass is 357 g/mol. The first kappa shape index (κ1) is 16.4. The van der Waals surface area contributed by atoms with Crippen molar-refractivity contribution in [3.63, 3.8) is 0 Å². The van der Waals surface area contributed by atoms with Gasteiger partial charge in [-0.15, -0.1) is 0 Å². The van der Waals surface area contributed by atoms with Crippen LogP contribution < -0.4 is 5.56 Å². The SMILES string of the molecule is Cc1cc(CN2CCN(Cn3ncc(Cl)c(Cl)c3=O)CC2)on1. The van der Waals surface area contributed by atoms with Crippen molar-refractivity contribution in [3.8, 4) is 0 Å². The number of nitrogens with zero attached hydrogens (tertiary/aromatic N) is 5. The molecule has 0 unspecified atom stereocenters.